The van der Waals surface area contributed by atoms with Gasteiger partial charge < -0.3 is 19.8 Å². The number of nitrogens with one attached hydrogen (secondary N) is 1. The van der Waals surface area contributed by atoms with E-state index in [9.17, 15) is 14.4 Å². The number of hydrogen-bond donors (Lipinski definition) is 2. The predicted octanol–water partition coefficient (Wildman–Crippen LogP) is 3.86. The Bertz CT molecular complexity index is 1360. The van der Waals surface area contributed by atoms with E-state index in [1.165, 1.54) is 58.4 Å². The van der Waals surface area contributed by atoms with Crippen molar-refractivity contribution in [2.24, 2.45) is 17.0 Å². The van der Waals surface area contributed by atoms with Crippen LogP contribution < -0.4 is 10.9 Å². The highest BCUT2D eigenvalue weighted by atomic mass is 16.6. The molecule has 4 fully saturated rings. The number of piperidine rings is 2. The topological polar surface area (TPSA) is 126 Å². The number of nitrogens with zero attached hydrogens (tertiary/aromatic N) is 4. The van der Waals surface area contributed by atoms with Gasteiger partial charge in [-0.15, -0.1) is 0 Å². The molecule has 10 nitrogen and oxygen atoms in total. The highest BCUT2D eigenvalue weighted by molar-refractivity contribution is 6.44. The SMILES string of the molecule is CNC(=O)C(=NOCC(=O)O)c1nc2ccccc2n(C2C[C@H]3CCC[C@@H](C2)N3C2C[C@H]3CCCC[C@@H](C2)C3)c1=O. The second-order valence-corrected chi connectivity index (χ2v) is 12.5. The van der Waals surface area contributed by atoms with Gasteiger partial charge in [-0.2, -0.15) is 0 Å². The molecule has 3 heterocycles. The van der Waals surface area contributed by atoms with Gasteiger partial charge in [-0.25, -0.2) is 9.78 Å². The number of carboxylic acid groups (broad SMARTS) is 1. The quantitative estimate of drug-likeness (QED) is 0.387. The number of aliphatic carboxylic acids is 1. The fourth-order valence-corrected chi connectivity index (χ4v) is 8.44. The van der Waals surface area contributed by atoms with E-state index in [1.54, 1.807) is 0 Å². The molecular weight excluding hydrogens is 522 g/mol. The Kier molecular flexibility index (Phi) is 8.10. The van der Waals surface area contributed by atoms with Gasteiger partial charge >= 0.3 is 5.97 Å². The third-order valence-electron chi connectivity index (χ3n) is 9.95. The maximum absolute atomic E-state index is 14.2. The van der Waals surface area contributed by atoms with Crippen molar-refractivity contribution in [3.8, 4) is 0 Å². The van der Waals surface area contributed by atoms with E-state index < -0.39 is 24.0 Å². The van der Waals surface area contributed by atoms with Crippen molar-refractivity contribution in [1.82, 2.24) is 19.8 Å². The average molecular weight is 564 g/mol. The molecule has 6 rings (SSSR count). The smallest absolute Gasteiger partial charge is 0.344 e. The Morgan fingerprint density at radius 2 is 1.63 bits per heavy atom. The molecule has 0 radical (unpaired) electrons. The van der Waals surface area contributed by atoms with Crippen LogP contribution in [0, 0.1) is 11.8 Å². The molecule has 1 amide bonds. The number of benzene rings is 1. The maximum atomic E-state index is 14.2. The summed E-state index contributed by atoms with van der Waals surface area (Å²) >= 11 is 0. The molecule has 41 heavy (non-hydrogen) atoms. The zero-order chi connectivity index (χ0) is 28.5. The van der Waals surface area contributed by atoms with Crippen molar-refractivity contribution in [3.63, 3.8) is 0 Å². The molecule has 1 aromatic carbocycles. The number of likely N-dealkylation sites (N-methyl/N-ethyl adjacent to an activating group) is 1. The first-order chi connectivity index (χ1) is 19.9. The Morgan fingerprint density at radius 3 is 2.29 bits per heavy atom. The lowest BCUT2D eigenvalue weighted by Gasteiger charge is -2.54. The van der Waals surface area contributed by atoms with E-state index in [2.05, 4.69) is 20.4 Å². The van der Waals surface area contributed by atoms with Crippen LogP contribution in [0.4, 0.5) is 0 Å². The lowest BCUT2D eigenvalue weighted by molar-refractivity contribution is -0.142. The van der Waals surface area contributed by atoms with Crippen molar-refractivity contribution in [1.29, 1.82) is 0 Å². The third-order valence-corrected chi connectivity index (χ3v) is 9.95. The molecule has 2 saturated heterocycles. The molecule has 2 aliphatic heterocycles. The summed E-state index contributed by atoms with van der Waals surface area (Å²) in [6, 6.07) is 8.99. The number of carbonyl (C=O) groups is 2. The van der Waals surface area contributed by atoms with Gasteiger partial charge in [0.25, 0.3) is 11.5 Å². The number of fused-ring (bicyclic) bond motifs is 5. The first kappa shape index (κ1) is 27.9. The molecule has 2 saturated carbocycles. The standard InChI is InChI=1S/C31H41N5O5/c1-32-30(39)28(34-41-18-27(37)38)29-31(40)36(26-12-5-4-11-25(26)33-29)24-16-21-9-6-10-22(17-24)35(21)23-14-19-7-2-3-8-20(13-19)15-23/h4-5,11-12,19-24H,2-3,6-10,13-18H2,1H3,(H,32,39)(H,37,38)/t19-,20+,21-,22+,23?,24?. The number of amides is 1. The molecule has 4 aliphatic rings. The van der Waals surface area contributed by atoms with Crippen molar-refractivity contribution in [3.05, 3.63) is 40.3 Å². The van der Waals surface area contributed by atoms with Crippen LogP contribution in [0.25, 0.3) is 11.0 Å². The maximum Gasteiger partial charge on any atom is 0.344 e. The van der Waals surface area contributed by atoms with Crippen LogP contribution >= 0.6 is 0 Å². The lowest BCUT2D eigenvalue weighted by Crippen LogP contribution is -2.58. The number of aromatic nitrogens is 2. The summed E-state index contributed by atoms with van der Waals surface area (Å²) in [4.78, 5) is 50.3. The lowest BCUT2D eigenvalue weighted by atomic mass is 9.73. The van der Waals surface area contributed by atoms with E-state index in [-0.39, 0.29) is 17.4 Å². The van der Waals surface area contributed by atoms with E-state index in [1.807, 2.05) is 28.8 Å². The van der Waals surface area contributed by atoms with E-state index >= 15 is 0 Å². The van der Waals surface area contributed by atoms with Gasteiger partial charge in [0, 0.05) is 31.2 Å². The average Bonchev–Trinajstić information content (AvgIpc) is 3.13. The van der Waals surface area contributed by atoms with E-state index in [0.717, 1.165) is 43.0 Å². The van der Waals surface area contributed by atoms with Crippen LogP contribution in [0.5, 0.6) is 0 Å². The molecule has 4 bridgehead atoms. The van der Waals surface area contributed by atoms with Crippen LogP contribution in [0.3, 0.4) is 0 Å². The minimum atomic E-state index is -1.23. The highest BCUT2D eigenvalue weighted by Crippen LogP contribution is 2.47. The van der Waals surface area contributed by atoms with Gasteiger partial charge in [-0.05, 0) is 68.9 Å². The Labute approximate surface area is 240 Å². The van der Waals surface area contributed by atoms with Gasteiger partial charge in [0.05, 0.1) is 11.0 Å². The number of oxime groups is 1. The summed E-state index contributed by atoms with van der Waals surface area (Å²) in [5.74, 6) is -0.170. The van der Waals surface area contributed by atoms with Crippen molar-refractivity contribution < 1.29 is 19.5 Å². The summed E-state index contributed by atoms with van der Waals surface area (Å²) < 4.78 is 1.83. The number of carboxylic acids is 1. The second-order valence-electron chi connectivity index (χ2n) is 12.5. The molecule has 220 valence electrons. The van der Waals surface area contributed by atoms with Gasteiger partial charge in [0.2, 0.25) is 6.61 Å². The largest absolute Gasteiger partial charge is 0.479 e. The number of rotatable bonds is 7. The first-order valence-electron chi connectivity index (χ1n) is 15.4. The molecule has 1 aromatic heterocycles. The van der Waals surface area contributed by atoms with Crippen LogP contribution in [0.2, 0.25) is 0 Å². The minimum Gasteiger partial charge on any atom is -0.479 e. The zero-order valence-corrected chi connectivity index (χ0v) is 23.8. The molecule has 0 spiro atoms. The summed E-state index contributed by atoms with van der Waals surface area (Å²) in [7, 11) is 1.42. The van der Waals surface area contributed by atoms with Gasteiger partial charge in [0.15, 0.2) is 11.4 Å². The zero-order valence-electron chi connectivity index (χ0n) is 23.8. The molecule has 2 aromatic rings. The third kappa shape index (κ3) is 5.63. The van der Waals surface area contributed by atoms with Crippen LogP contribution in [0.15, 0.2) is 34.2 Å². The first-order valence-corrected chi connectivity index (χ1v) is 15.4. The highest BCUT2D eigenvalue weighted by Gasteiger charge is 2.45. The predicted molar refractivity (Wildman–Crippen MR) is 155 cm³/mol. The Balaban J connectivity index is 1.35. The summed E-state index contributed by atoms with van der Waals surface area (Å²) in [6.07, 6.45) is 14.9. The molecule has 10 heteroatoms. The molecule has 2 aliphatic carbocycles. The van der Waals surface area contributed by atoms with E-state index in [4.69, 9.17) is 9.94 Å². The number of para-hydroxylation sites is 2. The fourth-order valence-electron chi connectivity index (χ4n) is 8.44. The summed E-state index contributed by atoms with van der Waals surface area (Å²) in [6.45, 7) is -0.729. The molecule has 6 atom stereocenters. The normalized spacial score (nSPS) is 30.4. The monoisotopic (exact) mass is 563 g/mol. The Morgan fingerprint density at radius 1 is 0.951 bits per heavy atom. The van der Waals surface area contributed by atoms with Crippen LogP contribution in [-0.4, -0.2) is 68.9 Å². The second kappa shape index (κ2) is 11.9. The Hall–Kier alpha value is -3.27. The van der Waals surface area contributed by atoms with Crippen LogP contribution in [-0.2, 0) is 14.4 Å². The van der Waals surface area contributed by atoms with Gasteiger partial charge in [-0.1, -0.05) is 49.4 Å². The summed E-state index contributed by atoms with van der Waals surface area (Å²) in [5.41, 5.74) is 0.480. The molecule has 2 N–H and O–H groups in total. The number of carbonyl (C=O) groups excluding carboxylic acids is 1. The molecular formula is C31H41N5O5. The molecule has 2 unspecified atom stereocenters. The minimum absolute atomic E-state index is 0.0301. The summed E-state index contributed by atoms with van der Waals surface area (Å²) in [5, 5.41) is 15.2. The van der Waals surface area contributed by atoms with Crippen molar-refractivity contribution in [2.45, 2.75) is 101 Å². The van der Waals surface area contributed by atoms with Gasteiger partial charge in [0.1, 0.15) is 0 Å². The van der Waals surface area contributed by atoms with E-state index in [0.29, 0.717) is 23.6 Å². The number of hydrogen-bond acceptors (Lipinski definition) is 7. The van der Waals surface area contributed by atoms with Gasteiger partial charge in [-0.3, -0.25) is 14.5 Å². The van der Waals surface area contributed by atoms with Crippen molar-refractivity contribution in [2.75, 3.05) is 13.7 Å². The van der Waals surface area contributed by atoms with Crippen LogP contribution in [0.1, 0.15) is 88.8 Å². The fraction of sp³-hybridized carbons (Fsp3) is 0.645. The van der Waals surface area contributed by atoms with Crippen molar-refractivity contribution >= 4 is 28.6 Å².